The minimum atomic E-state index is -0.268. The molecule has 0 atom stereocenters. The van der Waals surface area contributed by atoms with Gasteiger partial charge < -0.3 is 5.32 Å². The number of anilines is 1. The van der Waals surface area contributed by atoms with E-state index >= 15 is 0 Å². The van der Waals surface area contributed by atoms with Gasteiger partial charge in [-0.15, -0.1) is 10.2 Å². The molecular weight excluding hydrogens is 443 g/mol. The molecule has 0 saturated carbocycles. The van der Waals surface area contributed by atoms with Gasteiger partial charge in [-0.05, 0) is 72.0 Å². The monoisotopic (exact) mass is 464 g/mol. The SMILES string of the molecule is Cc1cc2nn(-c3ccc(C(C)C)cc3)nc2cc1NC(=O)/C=C/c1ccc(Cl)cc1Cl. The first-order chi connectivity index (χ1) is 15.3. The molecule has 0 bridgehead atoms. The van der Waals surface area contributed by atoms with Crippen LogP contribution in [0, 0.1) is 6.92 Å². The number of aryl methyl sites for hydroxylation is 1. The summed E-state index contributed by atoms with van der Waals surface area (Å²) in [5.74, 6) is 0.197. The fraction of sp³-hybridized carbons (Fsp3) is 0.160. The minimum absolute atomic E-state index is 0.268. The van der Waals surface area contributed by atoms with Crippen LogP contribution in [0.25, 0.3) is 22.8 Å². The zero-order valence-corrected chi connectivity index (χ0v) is 19.4. The van der Waals surface area contributed by atoms with Crippen LogP contribution in [0.1, 0.15) is 36.5 Å². The Hall–Kier alpha value is -3.15. The van der Waals surface area contributed by atoms with Gasteiger partial charge in [0.05, 0.1) is 5.69 Å². The topological polar surface area (TPSA) is 59.8 Å². The summed E-state index contributed by atoms with van der Waals surface area (Å²) < 4.78 is 0. The van der Waals surface area contributed by atoms with Gasteiger partial charge in [-0.25, -0.2) is 0 Å². The second-order valence-corrected chi connectivity index (χ2v) is 8.72. The number of hydrogen-bond acceptors (Lipinski definition) is 3. The molecule has 0 spiro atoms. The maximum atomic E-state index is 12.5. The molecule has 0 aliphatic heterocycles. The van der Waals surface area contributed by atoms with E-state index in [1.165, 1.54) is 11.6 Å². The molecule has 0 aliphatic rings. The molecule has 162 valence electrons. The lowest BCUT2D eigenvalue weighted by atomic mass is 10.0. The molecular formula is C25H22Cl2N4O. The lowest BCUT2D eigenvalue weighted by molar-refractivity contribution is -0.111. The maximum Gasteiger partial charge on any atom is 0.248 e. The van der Waals surface area contributed by atoms with Crippen molar-refractivity contribution in [3.05, 3.63) is 87.4 Å². The highest BCUT2D eigenvalue weighted by molar-refractivity contribution is 6.35. The molecule has 0 aliphatic carbocycles. The van der Waals surface area contributed by atoms with Gasteiger partial charge in [-0.2, -0.15) is 4.80 Å². The van der Waals surface area contributed by atoms with E-state index in [1.54, 1.807) is 29.1 Å². The third-order valence-corrected chi connectivity index (χ3v) is 5.71. The van der Waals surface area contributed by atoms with Crippen LogP contribution in [0.4, 0.5) is 5.69 Å². The van der Waals surface area contributed by atoms with Crippen molar-refractivity contribution in [2.45, 2.75) is 26.7 Å². The second-order valence-electron chi connectivity index (χ2n) is 7.88. The van der Waals surface area contributed by atoms with Crippen molar-refractivity contribution in [2.75, 3.05) is 5.32 Å². The number of fused-ring (bicyclic) bond motifs is 1. The first kappa shape index (κ1) is 22.1. The number of hydrogen-bond donors (Lipinski definition) is 1. The van der Waals surface area contributed by atoms with Gasteiger partial charge in [-0.3, -0.25) is 4.79 Å². The van der Waals surface area contributed by atoms with Gasteiger partial charge >= 0.3 is 0 Å². The predicted octanol–water partition coefficient (Wildman–Crippen LogP) is 6.81. The van der Waals surface area contributed by atoms with Crippen molar-refractivity contribution in [1.82, 2.24) is 15.0 Å². The molecule has 0 fully saturated rings. The predicted molar refractivity (Wildman–Crippen MR) is 132 cm³/mol. The summed E-state index contributed by atoms with van der Waals surface area (Å²) in [4.78, 5) is 14.1. The second kappa shape index (κ2) is 9.15. The number of nitrogens with zero attached hydrogens (tertiary/aromatic N) is 3. The van der Waals surface area contributed by atoms with Crippen LogP contribution in [0.5, 0.6) is 0 Å². The molecule has 32 heavy (non-hydrogen) atoms. The van der Waals surface area contributed by atoms with E-state index in [2.05, 4.69) is 41.5 Å². The van der Waals surface area contributed by atoms with Crippen LogP contribution in [0.3, 0.4) is 0 Å². The molecule has 5 nitrogen and oxygen atoms in total. The molecule has 1 amide bonds. The Balaban J connectivity index is 1.55. The number of aromatic nitrogens is 3. The van der Waals surface area contributed by atoms with E-state index in [0.717, 1.165) is 16.8 Å². The van der Waals surface area contributed by atoms with Gasteiger partial charge in [0.15, 0.2) is 0 Å². The fourth-order valence-electron chi connectivity index (χ4n) is 3.29. The molecule has 4 rings (SSSR count). The normalized spacial score (nSPS) is 11.6. The zero-order chi connectivity index (χ0) is 22.8. The van der Waals surface area contributed by atoms with E-state index in [1.807, 2.05) is 31.2 Å². The van der Waals surface area contributed by atoms with Gasteiger partial charge in [0.25, 0.3) is 0 Å². The molecule has 0 saturated heterocycles. The largest absolute Gasteiger partial charge is 0.322 e. The summed E-state index contributed by atoms with van der Waals surface area (Å²) in [5.41, 5.74) is 5.89. The van der Waals surface area contributed by atoms with E-state index in [4.69, 9.17) is 23.2 Å². The van der Waals surface area contributed by atoms with Crippen molar-refractivity contribution in [2.24, 2.45) is 0 Å². The quantitative estimate of drug-likeness (QED) is 0.330. The van der Waals surface area contributed by atoms with Crippen LogP contribution in [-0.2, 0) is 4.79 Å². The summed E-state index contributed by atoms with van der Waals surface area (Å²) in [6.07, 6.45) is 3.09. The molecule has 4 aromatic rings. The first-order valence-electron chi connectivity index (χ1n) is 10.2. The average Bonchev–Trinajstić information content (AvgIpc) is 3.16. The van der Waals surface area contributed by atoms with Crippen molar-refractivity contribution in [3.8, 4) is 5.69 Å². The molecule has 1 aromatic heterocycles. The van der Waals surface area contributed by atoms with Crippen LogP contribution in [0.2, 0.25) is 10.0 Å². The van der Waals surface area contributed by atoms with Crippen molar-refractivity contribution >= 4 is 51.9 Å². The fourth-order valence-corrected chi connectivity index (χ4v) is 3.76. The van der Waals surface area contributed by atoms with Gasteiger partial charge in [-0.1, -0.05) is 55.2 Å². The number of carbonyl (C=O) groups excluding carboxylic acids is 1. The Morgan fingerprint density at radius 1 is 1.00 bits per heavy atom. The summed E-state index contributed by atoms with van der Waals surface area (Å²) in [6, 6.07) is 17.1. The highest BCUT2D eigenvalue weighted by atomic mass is 35.5. The van der Waals surface area contributed by atoms with Crippen LogP contribution in [-0.4, -0.2) is 20.9 Å². The van der Waals surface area contributed by atoms with E-state index in [-0.39, 0.29) is 5.91 Å². The lowest BCUT2D eigenvalue weighted by Gasteiger charge is -2.06. The van der Waals surface area contributed by atoms with Crippen LogP contribution in [0.15, 0.2) is 60.7 Å². The zero-order valence-electron chi connectivity index (χ0n) is 17.9. The number of rotatable bonds is 5. The van der Waals surface area contributed by atoms with Gasteiger partial charge in [0.1, 0.15) is 11.0 Å². The third-order valence-electron chi connectivity index (χ3n) is 5.15. The van der Waals surface area contributed by atoms with E-state index in [9.17, 15) is 4.79 Å². The number of nitrogens with one attached hydrogen (secondary N) is 1. The molecule has 0 radical (unpaired) electrons. The van der Waals surface area contributed by atoms with E-state index < -0.39 is 0 Å². The first-order valence-corrected chi connectivity index (χ1v) is 11.0. The molecule has 1 N–H and O–H groups in total. The van der Waals surface area contributed by atoms with Crippen molar-refractivity contribution in [1.29, 1.82) is 0 Å². The maximum absolute atomic E-state index is 12.5. The highest BCUT2D eigenvalue weighted by Gasteiger charge is 2.10. The summed E-state index contributed by atoms with van der Waals surface area (Å²) >= 11 is 12.1. The van der Waals surface area contributed by atoms with Crippen LogP contribution >= 0.6 is 23.2 Å². The van der Waals surface area contributed by atoms with E-state index in [0.29, 0.717) is 32.7 Å². The summed E-state index contributed by atoms with van der Waals surface area (Å²) in [5, 5.41) is 13.1. The van der Waals surface area contributed by atoms with Crippen molar-refractivity contribution in [3.63, 3.8) is 0 Å². The Morgan fingerprint density at radius 3 is 2.34 bits per heavy atom. The number of carbonyl (C=O) groups is 1. The van der Waals surface area contributed by atoms with Crippen molar-refractivity contribution < 1.29 is 4.79 Å². The Kier molecular flexibility index (Phi) is 6.31. The van der Waals surface area contributed by atoms with Gasteiger partial charge in [0, 0.05) is 21.8 Å². The average molecular weight is 465 g/mol. The third kappa shape index (κ3) is 4.85. The van der Waals surface area contributed by atoms with Gasteiger partial charge in [0.2, 0.25) is 5.91 Å². The lowest BCUT2D eigenvalue weighted by Crippen LogP contribution is -2.09. The Morgan fingerprint density at radius 2 is 1.69 bits per heavy atom. The standard InChI is InChI=1S/C25H22Cl2N4O/c1-15(2)17-5-9-20(10-6-17)31-29-23-12-16(3)22(14-24(23)30-31)28-25(32)11-7-18-4-8-19(26)13-21(18)27/h4-15H,1-3H3,(H,28,32)/b11-7+. The molecule has 0 unspecified atom stereocenters. The minimum Gasteiger partial charge on any atom is -0.322 e. The number of amides is 1. The van der Waals surface area contributed by atoms with Crippen LogP contribution < -0.4 is 5.32 Å². The smallest absolute Gasteiger partial charge is 0.248 e. The molecule has 1 heterocycles. The Bertz CT molecular complexity index is 1320. The summed E-state index contributed by atoms with van der Waals surface area (Å²) in [6.45, 7) is 6.24. The highest BCUT2D eigenvalue weighted by Crippen LogP contribution is 2.24. The Labute approximate surface area is 196 Å². The number of halogens is 2. The molecule has 7 heteroatoms. The summed E-state index contributed by atoms with van der Waals surface area (Å²) in [7, 11) is 0. The molecule has 3 aromatic carbocycles. The number of benzene rings is 3.